The smallest absolute Gasteiger partial charge is 0.227 e. The highest BCUT2D eigenvalue weighted by molar-refractivity contribution is 6.02. The van der Waals surface area contributed by atoms with E-state index in [1.807, 2.05) is 0 Å². The Labute approximate surface area is 225 Å². The average molecular weight is 572 g/mol. The van der Waals surface area contributed by atoms with Crippen LogP contribution >= 0.6 is 0 Å². The second kappa shape index (κ2) is 11.5. The van der Waals surface area contributed by atoms with E-state index in [4.69, 9.17) is 4.74 Å². The molecule has 1 aromatic heterocycles. The van der Waals surface area contributed by atoms with Crippen molar-refractivity contribution in [2.24, 2.45) is 0 Å². The summed E-state index contributed by atoms with van der Waals surface area (Å²) in [7, 11) is 1.72. The maximum absolute atomic E-state index is 5.47. The molecule has 0 spiro atoms. The number of pyridine rings is 1. The normalized spacial score (nSPS) is 10.7. The molecule has 35 heavy (non-hydrogen) atoms. The van der Waals surface area contributed by atoms with Crippen molar-refractivity contribution in [3.05, 3.63) is 115 Å². The quantitative estimate of drug-likeness (QED) is 0.202. The largest absolute Gasteiger partial charge is 1.00 e. The van der Waals surface area contributed by atoms with Gasteiger partial charge in [0, 0.05) is 29.5 Å². The molecule has 0 radical (unpaired) electrons. The van der Waals surface area contributed by atoms with E-state index >= 15 is 0 Å². The van der Waals surface area contributed by atoms with Gasteiger partial charge in [-0.2, -0.15) is 4.57 Å². The third kappa shape index (κ3) is 4.96. The van der Waals surface area contributed by atoms with Gasteiger partial charge < -0.3 is 28.7 Å². The van der Waals surface area contributed by atoms with Crippen LogP contribution < -0.4 is 33.3 Å². The predicted octanol–water partition coefficient (Wildman–Crippen LogP) is 4.81. The summed E-state index contributed by atoms with van der Waals surface area (Å²) in [5.74, 6) is 0.866. The number of aryl methyl sites for hydroxylation is 1. The highest BCUT2D eigenvalue weighted by Crippen LogP contribution is 2.38. The molecule has 5 aromatic rings. The SMILES string of the molecule is CCCCc1c2ccccc2c(-c2ccccc2)c(-c2ccccc2)[n+]1-c1ccc(OC)cc1.[I-]. The van der Waals surface area contributed by atoms with E-state index in [2.05, 4.69) is 121 Å². The fraction of sp³-hybridized carbons (Fsp3) is 0.156. The number of ether oxygens (including phenoxy) is 1. The van der Waals surface area contributed by atoms with E-state index in [9.17, 15) is 0 Å². The molecule has 0 saturated heterocycles. The number of methoxy groups -OCH3 is 1. The Kier molecular flexibility index (Phi) is 8.19. The van der Waals surface area contributed by atoms with Gasteiger partial charge in [0.05, 0.1) is 18.1 Å². The molecule has 0 N–H and O–H groups in total. The minimum atomic E-state index is 0. The number of hydrogen-bond donors (Lipinski definition) is 0. The molecule has 4 aromatic carbocycles. The van der Waals surface area contributed by atoms with Crippen molar-refractivity contribution in [2.75, 3.05) is 7.11 Å². The fourth-order valence-corrected chi connectivity index (χ4v) is 4.82. The Hall–Kier alpha value is -3.18. The van der Waals surface area contributed by atoms with Gasteiger partial charge in [-0.05, 0) is 42.3 Å². The molecular formula is C32H30INO. The predicted molar refractivity (Wildman–Crippen MR) is 142 cm³/mol. The fourth-order valence-electron chi connectivity index (χ4n) is 4.82. The summed E-state index contributed by atoms with van der Waals surface area (Å²) in [6, 6.07) is 38.9. The van der Waals surface area contributed by atoms with Crippen LogP contribution in [0.5, 0.6) is 5.75 Å². The molecule has 1 heterocycles. The van der Waals surface area contributed by atoms with Crippen LogP contribution in [0.3, 0.4) is 0 Å². The van der Waals surface area contributed by atoms with Crippen LogP contribution in [0.4, 0.5) is 0 Å². The van der Waals surface area contributed by atoms with Crippen LogP contribution in [-0.4, -0.2) is 7.11 Å². The molecule has 5 rings (SSSR count). The summed E-state index contributed by atoms with van der Waals surface area (Å²) in [5.41, 5.74) is 7.41. The van der Waals surface area contributed by atoms with E-state index in [1.54, 1.807) is 7.11 Å². The Morgan fingerprint density at radius 1 is 0.657 bits per heavy atom. The third-order valence-electron chi connectivity index (χ3n) is 6.45. The van der Waals surface area contributed by atoms with Gasteiger partial charge in [0.1, 0.15) is 5.75 Å². The van der Waals surface area contributed by atoms with Crippen LogP contribution in [0.2, 0.25) is 0 Å². The van der Waals surface area contributed by atoms with Gasteiger partial charge >= 0.3 is 0 Å². The number of hydrogen-bond acceptors (Lipinski definition) is 1. The zero-order valence-corrected chi connectivity index (χ0v) is 22.4. The Bertz CT molecular complexity index is 1400. The lowest BCUT2D eigenvalue weighted by Crippen LogP contribution is -3.00. The van der Waals surface area contributed by atoms with Crippen molar-refractivity contribution in [1.29, 1.82) is 0 Å². The summed E-state index contributed by atoms with van der Waals surface area (Å²) in [6.07, 6.45) is 3.30. The minimum Gasteiger partial charge on any atom is -1.00 e. The van der Waals surface area contributed by atoms with E-state index in [0.717, 1.165) is 30.7 Å². The molecular weight excluding hydrogens is 541 g/mol. The average Bonchev–Trinajstić information content (AvgIpc) is 2.92. The van der Waals surface area contributed by atoms with Crippen LogP contribution in [0.25, 0.3) is 38.8 Å². The molecule has 0 aliphatic carbocycles. The van der Waals surface area contributed by atoms with Gasteiger partial charge in [-0.15, -0.1) is 0 Å². The lowest BCUT2D eigenvalue weighted by molar-refractivity contribution is -0.590. The maximum atomic E-state index is 5.47. The van der Waals surface area contributed by atoms with E-state index in [-0.39, 0.29) is 24.0 Å². The molecule has 0 aliphatic rings. The molecule has 0 aliphatic heterocycles. The van der Waals surface area contributed by atoms with Gasteiger partial charge in [0.2, 0.25) is 11.4 Å². The number of fused-ring (bicyclic) bond motifs is 1. The van der Waals surface area contributed by atoms with Gasteiger partial charge in [-0.25, -0.2) is 0 Å². The summed E-state index contributed by atoms with van der Waals surface area (Å²) in [6.45, 7) is 2.26. The van der Waals surface area contributed by atoms with Crippen LogP contribution in [0.15, 0.2) is 109 Å². The topological polar surface area (TPSA) is 13.1 Å². The first-order chi connectivity index (χ1) is 16.8. The number of rotatable bonds is 7. The van der Waals surface area contributed by atoms with Crippen molar-refractivity contribution in [3.8, 4) is 33.8 Å². The summed E-state index contributed by atoms with van der Waals surface area (Å²) < 4.78 is 7.95. The standard InChI is InChI=1S/C32H30NO.HI/c1-3-4-19-30-28-17-11-12-18-29(28)31(24-13-7-5-8-14-24)32(25-15-9-6-10-16-25)33(30)26-20-22-27(34-2)23-21-26;/h5-18,20-23H,3-4,19H2,1-2H3;1H/q+1;/p-1. The number of unbranched alkanes of at least 4 members (excludes halogenated alkanes) is 1. The zero-order chi connectivity index (χ0) is 23.3. The number of nitrogens with zero attached hydrogens (tertiary/aromatic N) is 1. The molecule has 0 unspecified atom stereocenters. The molecule has 3 heteroatoms. The van der Waals surface area contributed by atoms with E-state index in [0.29, 0.717) is 0 Å². The molecule has 2 nitrogen and oxygen atoms in total. The van der Waals surface area contributed by atoms with Crippen molar-refractivity contribution in [1.82, 2.24) is 0 Å². The maximum Gasteiger partial charge on any atom is 0.227 e. The van der Waals surface area contributed by atoms with Crippen molar-refractivity contribution >= 4 is 10.8 Å². The Morgan fingerprint density at radius 2 is 1.23 bits per heavy atom. The van der Waals surface area contributed by atoms with Crippen LogP contribution in [0, 0.1) is 0 Å². The first-order valence-electron chi connectivity index (χ1n) is 12.1. The lowest BCUT2D eigenvalue weighted by atomic mass is 9.91. The van der Waals surface area contributed by atoms with E-state index in [1.165, 1.54) is 38.9 Å². The molecule has 0 fully saturated rings. The van der Waals surface area contributed by atoms with Crippen LogP contribution in [-0.2, 0) is 6.42 Å². The number of halogens is 1. The van der Waals surface area contributed by atoms with Gasteiger partial charge in [0.15, 0.2) is 5.69 Å². The monoisotopic (exact) mass is 571 g/mol. The molecule has 0 amide bonds. The minimum absolute atomic E-state index is 0. The lowest BCUT2D eigenvalue weighted by Gasteiger charge is -2.17. The number of aromatic nitrogens is 1. The van der Waals surface area contributed by atoms with Gasteiger partial charge in [-0.3, -0.25) is 0 Å². The Balaban J connectivity index is 0.00000289. The van der Waals surface area contributed by atoms with E-state index < -0.39 is 0 Å². The third-order valence-corrected chi connectivity index (χ3v) is 6.45. The second-order valence-corrected chi connectivity index (χ2v) is 8.58. The zero-order valence-electron chi connectivity index (χ0n) is 20.2. The molecule has 0 atom stereocenters. The molecule has 176 valence electrons. The molecule has 0 saturated carbocycles. The summed E-state index contributed by atoms with van der Waals surface area (Å²) in [5, 5.41) is 2.61. The van der Waals surface area contributed by atoms with Crippen molar-refractivity contribution in [2.45, 2.75) is 26.2 Å². The van der Waals surface area contributed by atoms with Crippen molar-refractivity contribution in [3.63, 3.8) is 0 Å². The van der Waals surface area contributed by atoms with Crippen LogP contribution in [0.1, 0.15) is 25.5 Å². The summed E-state index contributed by atoms with van der Waals surface area (Å²) >= 11 is 0. The Morgan fingerprint density at radius 3 is 1.83 bits per heavy atom. The highest BCUT2D eigenvalue weighted by Gasteiger charge is 2.29. The second-order valence-electron chi connectivity index (χ2n) is 8.58. The van der Waals surface area contributed by atoms with Gasteiger partial charge in [0.25, 0.3) is 0 Å². The highest BCUT2D eigenvalue weighted by atomic mass is 127. The number of benzene rings is 4. The first-order valence-corrected chi connectivity index (χ1v) is 12.1. The van der Waals surface area contributed by atoms with Gasteiger partial charge in [-0.1, -0.05) is 80.1 Å². The molecule has 0 bridgehead atoms. The first kappa shape index (κ1) is 24.9. The van der Waals surface area contributed by atoms with Crippen molar-refractivity contribution < 1.29 is 33.3 Å². The summed E-state index contributed by atoms with van der Waals surface area (Å²) in [4.78, 5) is 0.